The topological polar surface area (TPSA) is 59.4 Å². The molecule has 1 amide bonds. The van der Waals surface area contributed by atoms with Crippen LogP contribution in [0.2, 0.25) is 0 Å². The van der Waals surface area contributed by atoms with Gasteiger partial charge in [0, 0.05) is 26.3 Å². The van der Waals surface area contributed by atoms with Gasteiger partial charge in [-0.15, -0.1) is 13.2 Å². The Hall–Kier alpha value is -2.55. The van der Waals surface area contributed by atoms with Gasteiger partial charge in [-0.25, -0.2) is 0 Å². The summed E-state index contributed by atoms with van der Waals surface area (Å²) >= 11 is 0. The molecule has 0 aliphatic carbocycles. The van der Waals surface area contributed by atoms with E-state index in [0.717, 1.165) is 25.9 Å². The maximum absolute atomic E-state index is 12.6. The van der Waals surface area contributed by atoms with Gasteiger partial charge in [0.2, 0.25) is 0 Å². The van der Waals surface area contributed by atoms with Gasteiger partial charge in [-0.05, 0) is 43.1 Å². The van der Waals surface area contributed by atoms with Crippen molar-refractivity contribution < 1.29 is 22.7 Å². The fourth-order valence-electron chi connectivity index (χ4n) is 3.05. The van der Waals surface area contributed by atoms with Gasteiger partial charge in [0.1, 0.15) is 11.4 Å². The van der Waals surface area contributed by atoms with Crippen molar-refractivity contribution in [3.8, 4) is 5.75 Å². The zero-order valence-corrected chi connectivity index (χ0v) is 14.9. The molecule has 1 aliphatic heterocycles. The Bertz CT molecular complexity index is 768. The van der Waals surface area contributed by atoms with Crippen LogP contribution in [0.1, 0.15) is 34.9 Å². The highest BCUT2D eigenvalue weighted by Crippen LogP contribution is 2.23. The molecule has 1 saturated heterocycles. The molecule has 2 heterocycles. The van der Waals surface area contributed by atoms with E-state index in [1.54, 1.807) is 13.1 Å². The molecule has 2 aromatic rings. The van der Waals surface area contributed by atoms with E-state index < -0.39 is 6.36 Å². The third-order valence-electron chi connectivity index (χ3n) is 4.40. The second-order valence-corrected chi connectivity index (χ2v) is 6.53. The number of hydrogen-bond donors (Lipinski definition) is 1. The normalized spacial score (nSPS) is 17.6. The van der Waals surface area contributed by atoms with Gasteiger partial charge < -0.3 is 15.0 Å². The second-order valence-electron chi connectivity index (χ2n) is 6.53. The van der Waals surface area contributed by atoms with Crippen LogP contribution in [0.3, 0.4) is 0 Å². The summed E-state index contributed by atoms with van der Waals surface area (Å²) in [6, 6.07) is 7.38. The lowest BCUT2D eigenvalue weighted by molar-refractivity contribution is -0.274. The largest absolute Gasteiger partial charge is 0.573 e. The van der Waals surface area contributed by atoms with E-state index >= 15 is 0 Å². The minimum atomic E-state index is -4.72. The summed E-state index contributed by atoms with van der Waals surface area (Å²) in [6.45, 7) is 2.08. The third-order valence-corrected chi connectivity index (χ3v) is 4.40. The molecule has 0 saturated carbocycles. The Morgan fingerprint density at radius 1 is 1.33 bits per heavy atom. The molecule has 1 aromatic heterocycles. The van der Waals surface area contributed by atoms with E-state index in [9.17, 15) is 18.0 Å². The molecular weight excluding hydrogens is 361 g/mol. The number of amides is 1. The molecule has 1 aliphatic rings. The summed E-state index contributed by atoms with van der Waals surface area (Å²) in [7, 11) is 1.63. The molecule has 1 aromatic carbocycles. The van der Waals surface area contributed by atoms with Crippen LogP contribution in [0.25, 0.3) is 0 Å². The first-order valence-electron chi connectivity index (χ1n) is 8.68. The monoisotopic (exact) mass is 382 g/mol. The highest BCUT2D eigenvalue weighted by atomic mass is 19.4. The average molecular weight is 382 g/mol. The predicted octanol–water partition coefficient (Wildman–Crippen LogP) is 2.98. The number of ether oxygens (including phenoxy) is 1. The van der Waals surface area contributed by atoms with Crippen molar-refractivity contribution in [3.05, 3.63) is 47.8 Å². The van der Waals surface area contributed by atoms with Crippen LogP contribution < -0.4 is 10.1 Å². The first-order valence-corrected chi connectivity index (χ1v) is 8.68. The van der Waals surface area contributed by atoms with Gasteiger partial charge in [-0.1, -0.05) is 12.1 Å². The zero-order valence-electron chi connectivity index (χ0n) is 14.9. The fourth-order valence-corrected chi connectivity index (χ4v) is 3.05. The van der Waals surface area contributed by atoms with Crippen LogP contribution in [0, 0.1) is 0 Å². The van der Waals surface area contributed by atoms with E-state index in [4.69, 9.17) is 0 Å². The third kappa shape index (κ3) is 5.22. The number of halogens is 3. The molecule has 0 bridgehead atoms. The first-order chi connectivity index (χ1) is 12.8. The molecule has 1 fully saturated rings. The SMILES string of the molecule is CN(Cc1ccc(OC(F)(F)F)cc1)C(=O)c1ccn(C2CCCNC2)n1. The minimum Gasteiger partial charge on any atom is -0.406 e. The molecule has 1 N–H and O–H groups in total. The van der Waals surface area contributed by atoms with Crippen LogP contribution >= 0.6 is 0 Å². The predicted molar refractivity (Wildman–Crippen MR) is 92.3 cm³/mol. The van der Waals surface area contributed by atoms with E-state index in [2.05, 4.69) is 15.2 Å². The Morgan fingerprint density at radius 3 is 2.70 bits per heavy atom. The maximum Gasteiger partial charge on any atom is 0.573 e. The number of nitrogens with one attached hydrogen (secondary N) is 1. The van der Waals surface area contributed by atoms with Gasteiger partial charge in [-0.3, -0.25) is 9.48 Å². The van der Waals surface area contributed by atoms with Crippen LogP contribution in [0.5, 0.6) is 5.75 Å². The average Bonchev–Trinajstić information content (AvgIpc) is 3.12. The van der Waals surface area contributed by atoms with Gasteiger partial charge in [0.25, 0.3) is 5.91 Å². The van der Waals surface area contributed by atoms with Gasteiger partial charge in [0.15, 0.2) is 0 Å². The van der Waals surface area contributed by atoms with E-state index in [1.807, 2.05) is 10.9 Å². The van der Waals surface area contributed by atoms with E-state index in [0.29, 0.717) is 11.3 Å². The lowest BCUT2D eigenvalue weighted by atomic mass is 10.1. The number of alkyl halides is 3. The quantitative estimate of drug-likeness (QED) is 0.864. The van der Waals surface area contributed by atoms with Crippen molar-refractivity contribution in [2.45, 2.75) is 31.8 Å². The van der Waals surface area contributed by atoms with Crippen LogP contribution in [-0.2, 0) is 6.54 Å². The molecule has 6 nitrogen and oxygen atoms in total. The van der Waals surface area contributed by atoms with Crippen LogP contribution in [-0.4, -0.2) is 47.1 Å². The number of nitrogens with zero attached hydrogens (tertiary/aromatic N) is 3. The molecular formula is C18H21F3N4O2. The molecule has 0 radical (unpaired) electrons. The molecule has 27 heavy (non-hydrogen) atoms. The number of benzene rings is 1. The van der Waals surface area contributed by atoms with Crippen LogP contribution in [0.15, 0.2) is 36.5 Å². The molecule has 9 heteroatoms. The Kier molecular flexibility index (Phi) is 5.69. The number of carbonyl (C=O) groups is 1. The van der Waals surface area contributed by atoms with Crippen molar-refractivity contribution in [2.24, 2.45) is 0 Å². The van der Waals surface area contributed by atoms with Crippen molar-refractivity contribution >= 4 is 5.91 Å². The van der Waals surface area contributed by atoms with Crippen molar-refractivity contribution in [1.82, 2.24) is 20.0 Å². The number of piperidine rings is 1. The minimum absolute atomic E-state index is 0.242. The number of carbonyl (C=O) groups excluding carboxylic acids is 1. The fraction of sp³-hybridized carbons (Fsp3) is 0.444. The molecule has 146 valence electrons. The summed E-state index contributed by atoms with van der Waals surface area (Å²) in [4.78, 5) is 14.0. The Morgan fingerprint density at radius 2 is 2.07 bits per heavy atom. The number of hydrogen-bond acceptors (Lipinski definition) is 4. The van der Waals surface area contributed by atoms with Gasteiger partial charge in [-0.2, -0.15) is 5.10 Å². The second kappa shape index (κ2) is 7.99. The zero-order chi connectivity index (χ0) is 19.4. The highest BCUT2D eigenvalue weighted by molar-refractivity contribution is 5.91. The summed E-state index contributed by atoms with van der Waals surface area (Å²) < 4.78 is 42.2. The maximum atomic E-state index is 12.6. The summed E-state index contributed by atoms with van der Waals surface area (Å²) in [6.07, 6.45) is -0.824. The van der Waals surface area contributed by atoms with Crippen molar-refractivity contribution in [2.75, 3.05) is 20.1 Å². The summed E-state index contributed by atoms with van der Waals surface area (Å²) in [5.41, 5.74) is 1.04. The standard InChI is InChI=1S/C18H21F3N4O2/c1-24(12-13-4-6-15(7-5-13)27-18(19,20)21)17(26)16-8-10-25(23-16)14-3-2-9-22-11-14/h4-8,10,14,22H,2-3,9,11-12H2,1H3. The summed E-state index contributed by atoms with van der Waals surface area (Å²) in [5, 5.41) is 7.70. The molecule has 3 rings (SSSR count). The van der Waals surface area contributed by atoms with E-state index in [-0.39, 0.29) is 24.2 Å². The number of rotatable bonds is 5. The molecule has 1 unspecified atom stereocenters. The van der Waals surface area contributed by atoms with Crippen molar-refractivity contribution in [1.29, 1.82) is 0 Å². The first kappa shape index (κ1) is 19.2. The molecule has 1 atom stereocenters. The van der Waals surface area contributed by atoms with Gasteiger partial charge in [0.05, 0.1) is 6.04 Å². The van der Waals surface area contributed by atoms with E-state index in [1.165, 1.54) is 29.2 Å². The Labute approximate surface area is 154 Å². The smallest absolute Gasteiger partial charge is 0.406 e. The lowest BCUT2D eigenvalue weighted by Crippen LogP contribution is -2.32. The number of aromatic nitrogens is 2. The van der Waals surface area contributed by atoms with Crippen molar-refractivity contribution in [3.63, 3.8) is 0 Å². The Balaban J connectivity index is 1.59. The van der Waals surface area contributed by atoms with Crippen LogP contribution in [0.4, 0.5) is 13.2 Å². The highest BCUT2D eigenvalue weighted by Gasteiger charge is 2.31. The lowest BCUT2D eigenvalue weighted by Gasteiger charge is -2.23. The van der Waals surface area contributed by atoms with Gasteiger partial charge >= 0.3 is 6.36 Å². The summed E-state index contributed by atoms with van der Waals surface area (Å²) in [5.74, 6) is -0.534. The molecule has 0 spiro atoms.